The van der Waals surface area contributed by atoms with Crippen molar-refractivity contribution in [1.82, 2.24) is 0 Å². The number of anilines is 1. The molecule has 0 spiro atoms. The first-order valence-corrected chi connectivity index (χ1v) is 7.15. The highest BCUT2D eigenvalue weighted by atomic mass is 32.2. The summed E-state index contributed by atoms with van der Waals surface area (Å²) in [7, 11) is 0.0807. The maximum Gasteiger partial charge on any atom is 0.173 e. The Bertz CT molecular complexity index is 565. The molecule has 0 bridgehead atoms. The first-order chi connectivity index (χ1) is 8.54. The normalized spacial score (nSPS) is 20.7. The van der Waals surface area contributed by atoms with Gasteiger partial charge in [-0.3, -0.25) is 0 Å². The number of sulfone groups is 1. The lowest BCUT2D eigenvalue weighted by Gasteiger charge is -2.14. The van der Waals surface area contributed by atoms with Crippen LogP contribution in [0.2, 0.25) is 0 Å². The standard InChI is InChI=1S/C12H15NO4S/c1-16-11-4-3-9(7-12(11)17-2)13-10-5-6-18(14,15)8-10/h3-7,10,13H,8H2,1-2H3. The summed E-state index contributed by atoms with van der Waals surface area (Å²) in [5.74, 6) is 1.33. The molecule has 1 aromatic carbocycles. The molecule has 0 radical (unpaired) electrons. The van der Waals surface area contributed by atoms with Crippen molar-refractivity contribution in [1.29, 1.82) is 0 Å². The van der Waals surface area contributed by atoms with E-state index in [1.165, 1.54) is 5.41 Å². The van der Waals surface area contributed by atoms with Gasteiger partial charge in [-0.25, -0.2) is 8.42 Å². The van der Waals surface area contributed by atoms with Crippen LogP contribution in [0.3, 0.4) is 0 Å². The molecule has 1 aliphatic rings. The number of benzene rings is 1. The molecule has 6 heteroatoms. The molecular formula is C12H15NO4S. The Morgan fingerprint density at radius 1 is 1.22 bits per heavy atom. The largest absolute Gasteiger partial charge is 0.493 e. The van der Waals surface area contributed by atoms with Crippen LogP contribution in [0.1, 0.15) is 0 Å². The van der Waals surface area contributed by atoms with Crippen LogP contribution < -0.4 is 14.8 Å². The highest BCUT2D eigenvalue weighted by Gasteiger charge is 2.21. The van der Waals surface area contributed by atoms with Gasteiger partial charge < -0.3 is 14.8 Å². The molecule has 0 saturated heterocycles. The van der Waals surface area contributed by atoms with E-state index in [1.807, 2.05) is 6.07 Å². The Morgan fingerprint density at radius 2 is 1.94 bits per heavy atom. The average molecular weight is 269 g/mol. The van der Waals surface area contributed by atoms with Crippen molar-refractivity contribution in [3.8, 4) is 11.5 Å². The van der Waals surface area contributed by atoms with E-state index < -0.39 is 9.84 Å². The predicted molar refractivity (Wildman–Crippen MR) is 69.9 cm³/mol. The van der Waals surface area contributed by atoms with Crippen molar-refractivity contribution in [2.75, 3.05) is 25.3 Å². The summed E-state index contributed by atoms with van der Waals surface area (Å²) in [6, 6.07) is 5.17. The Labute approximate surface area is 106 Å². The van der Waals surface area contributed by atoms with Gasteiger partial charge in [-0.1, -0.05) is 6.08 Å². The van der Waals surface area contributed by atoms with E-state index >= 15 is 0 Å². The minimum absolute atomic E-state index is 0.0847. The van der Waals surface area contributed by atoms with Gasteiger partial charge in [0.05, 0.1) is 26.0 Å². The number of nitrogens with one attached hydrogen (secondary N) is 1. The Morgan fingerprint density at radius 3 is 2.50 bits per heavy atom. The monoisotopic (exact) mass is 269 g/mol. The molecule has 0 aromatic heterocycles. The fraction of sp³-hybridized carbons (Fsp3) is 0.333. The quantitative estimate of drug-likeness (QED) is 0.895. The average Bonchev–Trinajstić information content (AvgIpc) is 2.68. The first kappa shape index (κ1) is 12.8. The molecule has 1 heterocycles. The summed E-state index contributed by atoms with van der Waals surface area (Å²) in [5.41, 5.74) is 0.791. The van der Waals surface area contributed by atoms with Crippen LogP contribution in [0.15, 0.2) is 29.7 Å². The first-order valence-electron chi connectivity index (χ1n) is 5.43. The fourth-order valence-corrected chi connectivity index (χ4v) is 3.04. The Hall–Kier alpha value is -1.69. The van der Waals surface area contributed by atoms with Gasteiger partial charge in [0.2, 0.25) is 0 Å². The molecule has 5 nitrogen and oxygen atoms in total. The van der Waals surface area contributed by atoms with E-state index in [9.17, 15) is 8.42 Å². The summed E-state index contributed by atoms with van der Waals surface area (Å²) >= 11 is 0. The van der Waals surface area contributed by atoms with Crippen LogP contribution in [-0.2, 0) is 9.84 Å². The van der Waals surface area contributed by atoms with Crippen LogP contribution in [-0.4, -0.2) is 34.4 Å². The van der Waals surface area contributed by atoms with E-state index in [1.54, 1.807) is 32.4 Å². The van der Waals surface area contributed by atoms with Gasteiger partial charge in [0, 0.05) is 17.2 Å². The van der Waals surface area contributed by atoms with Gasteiger partial charge in [-0.05, 0) is 12.1 Å². The fourth-order valence-electron chi connectivity index (χ4n) is 1.81. The van der Waals surface area contributed by atoms with Crippen molar-refractivity contribution in [2.24, 2.45) is 0 Å². The van der Waals surface area contributed by atoms with E-state index in [-0.39, 0.29) is 11.8 Å². The molecule has 1 aromatic rings. The third-order valence-electron chi connectivity index (χ3n) is 2.67. The lowest BCUT2D eigenvalue weighted by molar-refractivity contribution is 0.355. The van der Waals surface area contributed by atoms with Crippen molar-refractivity contribution in [3.05, 3.63) is 29.7 Å². The molecule has 18 heavy (non-hydrogen) atoms. The van der Waals surface area contributed by atoms with Crippen molar-refractivity contribution in [3.63, 3.8) is 0 Å². The lowest BCUT2D eigenvalue weighted by atomic mass is 10.2. The van der Waals surface area contributed by atoms with Crippen molar-refractivity contribution in [2.45, 2.75) is 6.04 Å². The molecular weight excluding hydrogens is 254 g/mol. The van der Waals surface area contributed by atoms with E-state index in [4.69, 9.17) is 9.47 Å². The molecule has 1 aliphatic heterocycles. The van der Waals surface area contributed by atoms with Crippen LogP contribution in [0.5, 0.6) is 11.5 Å². The number of ether oxygens (including phenoxy) is 2. The predicted octanol–water partition coefficient (Wildman–Crippen LogP) is 1.43. The smallest absolute Gasteiger partial charge is 0.173 e. The third-order valence-corrected chi connectivity index (χ3v) is 4.06. The van der Waals surface area contributed by atoms with Crippen LogP contribution in [0.4, 0.5) is 5.69 Å². The minimum atomic E-state index is -3.04. The molecule has 0 fully saturated rings. The number of rotatable bonds is 4. The van der Waals surface area contributed by atoms with Crippen LogP contribution >= 0.6 is 0 Å². The van der Waals surface area contributed by atoms with Gasteiger partial charge in [0.1, 0.15) is 0 Å². The summed E-state index contributed by atoms with van der Waals surface area (Å²) in [4.78, 5) is 0. The molecule has 0 aliphatic carbocycles. The van der Waals surface area contributed by atoms with Gasteiger partial charge in [0.15, 0.2) is 21.3 Å². The van der Waals surface area contributed by atoms with Crippen LogP contribution in [0, 0.1) is 0 Å². The number of hydrogen-bond acceptors (Lipinski definition) is 5. The van der Waals surface area contributed by atoms with Gasteiger partial charge in [0.25, 0.3) is 0 Å². The molecule has 98 valence electrons. The van der Waals surface area contributed by atoms with Crippen molar-refractivity contribution >= 4 is 15.5 Å². The van der Waals surface area contributed by atoms with E-state index in [0.29, 0.717) is 11.5 Å². The highest BCUT2D eigenvalue weighted by molar-refractivity contribution is 7.94. The summed E-state index contributed by atoms with van der Waals surface area (Å²) < 4.78 is 32.9. The molecule has 1 N–H and O–H groups in total. The minimum Gasteiger partial charge on any atom is -0.493 e. The second-order valence-electron chi connectivity index (χ2n) is 3.98. The highest BCUT2D eigenvalue weighted by Crippen LogP contribution is 2.30. The number of hydrogen-bond donors (Lipinski definition) is 1. The second-order valence-corrected chi connectivity index (χ2v) is 5.91. The SMILES string of the molecule is COc1ccc(NC2C=CS(=O)(=O)C2)cc1OC. The van der Waals surface area contributed by atoms with E-state index in [2.05, 4.69) is 5.32 Å². The lowest BCUT2D eigenvalue weighted by Crippen LogP contribution is -2.20. The zero-order chi connectivity index (χ0) is 13.2. The topological polar surface area (TPSA) is 64.6 Å². The molecule has 2 rings (SSSR count). The molecule has 1 atom stereocenters. The van der Waals surface area contributed by atoms with Gasteiger partial charge in [-0.15, -0.1) is 0 Å². The second kappa shape index (κ2) is 4.89. The summed E-state index contributed by atoms with van der Waals surface area (Å²) in [5, 5.41) is 4.36. The third kappa shape index (κ3) is 2.76. The maximum absolute atomic E-state index is 11.3. The Balaban J connectivity index is 2.14. The zero-order valence-electron chi connectivity index (χ0n) is 10.2. The zero-order valence-corrected chi connectivity index (χ0v) is 11.0. The van der Waals surface area contributed by atoms with E-state index in [0.717, 1.165) is 5.69 Å². The Kier molecular flexibility index (Phi) is 3.47. The molecule has 0 saturated carbocycles. The molecule has 1 unspecified atom stereocenters. The number of methoxy groups -OCH3 is 2. The maximum atomic E-state index is 11.3. The summed E-state index contributed by atoms with van der Waals surface area (Å²) in [6.07, 6.45) is 1.64. The van der Waals surface area contributed by atoms with Gasteiger partial charge >= 0.3 is 0 Å². The molecule has 0 amide bonds. The van der Waals surface area contributed by atoms with Gasteiger partial charge in [-0.2, -0.15) is 0 Å². The van der Waals surface area contributed by atoms with Crippen molar-refractivity contribution < 1.29 is 17.9 Å². The van der Waals surface area contributed by atoms with Crippen LogP contribution in [0.25, 0.3) is 0 Å². The summed E-state index contributed by atoms with van der Waals surface area (Å²) in [6.45, 7) is 0.